The SMILES string of the molecule is Cc1ccc(CN2CCC3(CC2)CN(C[C@H](C)c2ccccc2)C(=O)O3)o1. The number of amides is 1. The van der Waals surface area contributed by atoms with Crippen molar-refractivity contribution < 1.29 is 13.9 Å². The average Bonchev–Trinajstić information content (AvgIpc) is 3.21. The molecule has 1 amide bonds. The second kappa shape index (κ2) is 7.39. The third-order valence-corrected chi connectivity index (χ3v) is 5.85. The number of aryl methyl sites for hydroxylation is 1. The molecular weight excluding hydrogens is 340 g/mol. The number of hydrogen-bond donors (Lipinski definition) is 0. The smallest absolute Gasteiger partial charge is 0.410 e. The molecule has 1 atom stereocenters. The number of benzene rings is 1. The predicted octanol–water partition coefficient (Wildman–Crippen LogP) is 4.18. The van der Waals surface area contributed by atoms with Gasteiger partial charge in [0, 0.05) is 32.5 Å². The van der Waals surface area contributed by atoms with E-state index >= 15 is 0 Å². The van der Waals surface area contributed by atoms with Gasteiger partial charge in [-0.05, 0) is 30.5 Å². The molecule has 144 valence electrons. The maximum Gasteiger partial charge on any atom is 0.410 e. The summed E-state index contributed by atoms with van der Waals surface area (Å²) in [6, 6.07) is 14.4. The van der Waals surface area contributed by atoms with Crippen LogP contribution in [0.25, 0.3) is 0 Å². The number of carbonyl (C=O) groups excluding carboxylic acids is 1. The van der Waals surface area contributed by atoms with Crippen molar-refractivity contribution in [3.05, 3.63) is 59.5 Å². The maximum atomic E-state index is 12.5. The minimum Gasteiger partial charge on any atom is -0.465 e. The van der Waals surface area contributed by atoms with E-state index in [1.54, 1.807) is 0 Å². The zero-order valence-corrected chi connectivity index (χ0v) is 16.2. The average molecular weight is 368 g/mol. The van der Waals surface area contributed by atoms with Crippen LogP contribution in [-0.4, -0.2) is 47.7 Å². The van der Waals surface area contributed by atoms with Crippen LogP contribution in [0.5, 0.6) is 0 Å². The zero-order valence-electron chi connectivity index (χ0n) is 16.2. The van der Waals surface area contributed by atoms with Gasteiger partial charge < -0.3 is 14.1 Å². The molecular formula is C22H28N2O3. The van der Waals surface area contributed by atoms with Crippen LogP contribution in [0.15, 0.2) is 46.9 Å². The molecule has 0 aliphatic carbocycles. The first-order valence-corrected chi connectivity index (χ1v) is 9.84. The summed E-state index contributed by atoms with van der Waals surface area (Å²) in [7, 11) is 0. The second-order valence-corrected chi connectivity index (χ2v) is 8.03. The molecule has 4 rings (SSSR count). The van der Waals surface area contributed by atoms with E-state index in [1.807, 2.05) is 42.2 Å². The van der Waals surface area contributed by atoms with Crippen LogP contribution >= 0.6 is 0 Å². The summed E-state index contributed by atoms with van der Waals surface area (Å²) in [4.78, 5) is 16.7. The van der Waals surface area contributed by atoms with Gasteiger partial charge in [-0.25, -0.2) is 4.79 Å². The van der Waals surface area contributed by atoms with Gasteiger partial charge in [-0.15, -0.1) is 0 Å². The van der Waals surface area contributed by atoms with Gasteiger partial charge in [0.15, 0.2) is 0 Å². The number of furan rings is 1. The standard InChI is InChI=1S/C22H28N2O3/c1-17(19-6-4-3-5-7-19)14-24-16-22(27-21(24)25)10-12-23(13-11-22)15-20-9-8-18(2)26-20/h3-9,17H,10-16H2,1-2H3/t17-/m0/s1. The van der Waals surface area contributed by atoms with Crippen LogP contribution in [0.3, 0.4) is 0 Å². The van der Waals surface area contributed by atoms with Gasteiger partial charge in [-0.2, -0.15) is 0 Å². The molecule has 0 saturated carbocycles. The number of hydrogen-bond acceptors (Lipinski definition) is 4. The Morgan fingerprint density at radius 3 is 2.52 bits per heavy atom. The third kappa shape index (κ3) is 4.03. The van der Waals surface area contributed by atoms with Crippen LogP contribution < -0.4 is 0 Å². The summed E-state index contributed by atoms with van der Waals surface area (Å²) >= 11 is 0. The Balaban J connectivity index is 1.32. The maximum absolute atomic E-state index is 12.5. The van der Waals surface area contributed by atoms with Crippen LogP contribution in [0.1, 0.15) is 42.8 Å². The Labute approximate surface area is 160 Å². The molecule has 5 heteroatoms. The van der Waals surface area contributed by atoms with Crippen molar-refractivity contribution in [1.29, 1.82) is 0 Å². The second-order valence-electron chi connectivity index (χ2n) is 8.03. The molecule has 2 aromatic rings. The lowest BCUT2D eigenvalue weighted by Gasteiger charge is -2.37. The first-order chi connectivity index (χ1) is 13.0. The molecule has 2 aliphatic heterocycles. The van der Waals surface area contributed by atoms with Gasteiger partial charge in [-0.1, -0.05) is 37.3 Å². The van der Waals surface area contributed by atoms with Crippen LogP contribution in [-0.2, 0) is 11.3 Å². The van der Waals surface area contributed by atoms with E-state index < -0.39 is 0 Å². The Bertz CT molecular complexity index is 778. The van der Waals surface area contributed by atoms with Crippen LogP contribution in [0.4, 0.5) is 4.79 Å². The monoisotopic (exact) mass is 368 g/mol. The van der Waals surface area contributed by atoms with Gasteiger partial charge in [0.25, 0.3) is 0 Å². The summed E-state index contributed by atoms with van der Waals surface area (Å²) in [6.07, 6.45) is 1.61. The largest absolute Gasteiger partial charge is 0.465 e. The van der Waals surface area contributed by atoms with Gasteiger partial charge in [0.2, 0.25) is 0 Å². The number of ether oxygens (including phenoxy) is 1. The first kappa shape index (κ1) is 18.1. The zero-order chi connectivity index (χ0) is 18.9. The molecule has 0 radical (unpaired) electrons. The third-order valence-electron chi connectivity index (χ3n) is 5.85. The molecule has 0 unspecified atom stereocenters. The van der Waals surface area contributed by atoms with Crippen molar-refractivity contribution in [2.45, 2.75) is 44.8 Å². The van der Waals surface area contributed by atoms with Crippen LogP contribution in [0, 0.1) is 6.92 Å². The quantitative estimate of drug-likeness (QED) is 0.794. The van der Waals surface area contributed by atoms with E-state index in [1.165, 1.54) is 5.56 Å². The van der Waals surface area contributed by atoms with Crippen molar-refractivity contribution >= 4 is 6.09 Å². The molecule has 0 bridgehead atoms. The Morgan fingerprint density at radius 1 is 1.11 bits per heavy atom. The fourth-order valence-electron chi connectivity index (χ4n) is 4.22. The molecule has 27 heavy (non-hydrogen) atoms. The number of carbonyl (C=O) groups is 1. The Hall–Kier alpha value is -2.27. The van der Waals surface area contributed by atoms with Gasteiger partial charge in [0.1, 0.15) is 17.1 Å². The highest BCUT2D eigenvalue weighted by Crippen LogP contribution is 2.34. The molecule has 3 heterocycles. The number of likely N-dealkylation sites (tertiary alicyclic amines) is 1. The number of piperidine rings is 1. The Morgan fingerprint density at radius 2 is 1.85 bits per heavy atom. The summed E-state index contributed by atoms with van der Waals surface area (Å²) in [6.45, 7) is 8.23. The van der Waals surface area contributed by atoms with E-state index in [4.69, 9.17) is 9.15 Å². The molecule has 2 aliphatic rings. The predicted molar refractivity (Wildman–Crippen MR) is 104 cm³/mol. The lowest BCUT2D eigenvalue weighted by atomic mass is 9.91. The summed E-state index contributed by atoms with van der Waals surface area (Å²) in [5, 5.41) is 0. The van der Waals surface area contributed by atoms with E-state index in [2.05, 4.69) is 24.0 Å². The van der Waals surface area contributed by atoms with Gasteiger partial charge >= 0.3 is 6.09 Å². The fourth-order valence-corrected chi connectivity index (χ4v) is 4.22. The van der Waals surface area contributed by atoms with E-state index in [0.29, 0.717) is 19.0 Å². The van der Waals surface area contributed by atoms with E-state index in [-0.39, 0.29) is 11.7 Å². The van der Waals surface area contributed by atoms with E-state index in [0.717, 1.165) is 44.0 Å². The fraction of sp³-hybridized carbons (Fsp3) is 0.500. The first-order valence-electron chi connectivity index (χ1n) is 9.84. The minimum absolute atomic E-state index is 0.159. The van der Waals surface area contributed by atoms with Crippen molar-refractivity contribution in [3.8, 4) is 0 Å². The minimum atomic E-state index is -0.316. The molecule has 0 N–H and O–H groups in total. The van der Waals surface area contributed by atoms with Crippen molar-refractivity contribution in [3.63, 3.8) is 0 Å². The molecule has 1 spiro atoms. The highest BCUT2D eigenvalue weighted by atomic mass is 16.6. The van der Waals surface area contributed by atoms with Gasteiger partial charge in [0.05, 0.1) is 13.1 Å². The lowest BCUT2D eigenvalue weighted by Crippen LogP contribution is -2.46. The summed E-state index contributed by atoms with van der Waals surface area (Å²) in [5.74, 6) is 2.26. The topological polar surface area (TPSA) is 45.9 Å². The van der Waals surface area contributed by atoms with Crippen molar-refractivity contribution in [1.82, 2.24) is 9.80 Å². The summed E-state index contributed by atoms with van der Waals surface area (Å²) in [5.41, 5.74) is 0.943. The van der Waals surface area contributed by atoms with Crippen molar-refractivity contribution in [2.24, 2.45) is 0 Å². The van der Waals surface area contributed by atoms with Gasteiger partial charge in [-0.3, -0.25) is 4.90 Å². The molecule has 5 nitrogen and oxygen atoms in total. The lowest BCUT2D eigenvalue weighted by molar-refractivity contribution is -0.00266. The molecule has 1 aromatic carbocycles. The van der Waals surface area contributed by atoms with E-state index in [9.17, 15) is 4.79 Å². The highest BCUT2D eigenvalue weighted by Gasteiger charge is 2.47. The molecule has 2 saturated heterocycles. The summed E-state index contributed by atoms with van der Waals surface area (Å²) < 4.78 is 11.6. The van der Waals surface area contributed by atoms with Crippen molar-refractivity contribution in [2.75, 3.05) is 26.2 Å². The Kier molecular flexibility index (Phi) is 4.96. The number of rotatable bonds is 5. The molecule has 1 aromatic heterocycles. The normalized spacial score (nSPS) is 20.8. The highest BCUT2D eigenvalue weighted by molar-refractivity contribution is 5.70. The van der Waals surface area contributed by atoms with Crippen LogP contribution in [0.2, 0.25) is 0 Å². The molecule has 2 fully saturated rings. The number of nitrogens with zero attached hydrogens (tertiary/aromatic N) is 2.